The number of rotatable bonds is 4. The lowest BCUT2D eigenvalue weighted by Crippen LogP contribution is -2.32. The molecular formula is C13H17FN2O. The van der Waals surface area contributed by atoms with E-state index < -0.39 is 5.82 Å². The van der Waals surface area contributed by atoms with Gasteiger partial charge >= 0.3 is 0 Å². The first-order chi connectivity index (χ1) is 7.95. The van der Waals surface area contributed by atoms with Gasteiger partial charge < -0.3 is 10.6 Å². The van der Waals surface area contributed by atoms with Gasteiger partial charge in [0, 0.05) is 18.7 Å². The van der Waals surface area contributed by atoms with E-state index in [-0.39, 0.29) is 11.6 Å². The van der Waals surface area contributed by atoms with Crippen LogP contribution >= 0.6 is 0 Å². The summed E-state index contributed by atoms with van der Waals surface area (Å²) in [7, 11) is 0. The van der Waals surface area contributed by atoms with Crippen molar-refractivity contribution >= 4 is 11.6 Å². The summed E-state index contributed by atoms with van der Waals surface area (Å²) in [5.74, 6) is -0.781. The molecule has 0 saturated heterocycles. The molecule has 0 fully saturated rings. The highest BCUT2D eigenvalue weighted by Gasteiger charge is 2.15. The number of carbonyl (C=O) groups is 1. The standard InChI is InChI=1S/C13H17FN2O/c1-4-16(8-9(2)3)13(17)10-5-6-12(15)11(14)7-10/h5-7H,2,4,8,15H2,1,3H3. The first-order valence-corrected chi connectivity index (χ1v) is 5.44. The maximum absolute atomic E-state index is 13.3. The van der Waals surface area contributed by atoms with Gasteiger partial charge in [0.1, 0.15) is 5.82 Å². The molecule has 1 amide bonds. The van der Waals surface area contributed by atoms with E-state index in [9.17, 15) is 9.18 Å². The van der Waals surface area contributed by atoms with E-state index in [1.165, 1.54) is 18.2 Å². The Labute approximate surface area is 101 Å². The SMILES string of the molecule is C=C(C)CN(CC)C(=O)c1ccc(N)c(F)c1. The van der Waals surface area contributed by atoms with Gasteiger partial charge in [0.25, 0.3) is 5.91 Å². The zero-order valence-corrected chi connectivity index (χ0v) is 10.2. The fraction of sp³-hybridized carbons (Fsp3) is 0.308. The molecule has 4 heteroatoms. The summed E-state index contributed by atoms with van der Waals surface area (Å²) in [5.41, 5.74) is 6.60. The van der Waals surface area contributed by atoms with Crippen molar-refractivity contribution in [3.63, 3.8) is 0 Å². The van der Waals surface area contributed by atoms with Crippen LogP contribution in [0.5, 0.6) is 0 Å². The van der Waals surface area contributed by atoms with Crippen molar-refractivity contribution in [1.82, 2.24) is 4.90 Å². The van der Waals surface area contributed by atoms with Gasteiger partial charge in [-0.2, -0.15) is 0 Å². The number of hydrogen-bond acceptors (Lipinski definition) is 2. The molecule has 0 saturated carbocycles. The molecule has 0 aliphatic carbocycles. The molecular weight excluding hydrogens is 219 g/mol. The van der Waals surface area contributed by atoms with Crippen molar-refractivity contribution in [3.05, 3.63) is 41.7 Å². The van der Waals surface area contributed by atoms with E-state index >= 15 is 0 Å². The minimum atomic E-state index is -0.567. The molecule has 1 aromatic rings. The monoisotopic (exact) mass is 236 g/mol. The Bertz CT molecular complexity index is 443. The van der Waals surface area contributed by atoms with Crippen LogP contribution in [-0.4, -0.2) is 23.9 Å². The number of hydrogen-bond donors (Lipinski definition) is 1. The highest BCUT2D eigenvalue weighted by molar-refractivity contribution is 5.94. The average Bonchev–Trinajstić information content (AvgIpc) is 2.28. The van der Waals surface area contributed by atoms with Crippen LogP contribution in [0, 0.1) is 5.82 Å². The van der Waals surface area contributed by atoms with Gasteiger partial charge in [-0.15, -0.1) is 0 Å². The van der Waals surface area contributed by atoms with Gasteiger partial charge in [-0.3, -0.25) is 4.79 Å². The topological polar surface area (TPSA) is 46.3 Å². The lowest BCUT2D eigenvalue weighted by Gasteiger charge is -2.21. The van der Waals surface area contributed by atoms with Crippen LogP contribution in [0.4, 0.5) is 10.1 Å². The Kier molecular flexibility index (Phi) is 4.26. The Hall–Kier alpha value is -1.84. The van der Waals surface area contributed by atoms with Crippen molar-refractivity contribution in [1.29, 1.82) is 0 Å². The first-order valence-electron chi connectivity index (χ1n) is 5.44. The summed E-state index contributed by atoms with van der Waals surface area (Å²) >= 11 is 0. The van der Waals surface area contributed by atoms with E-state index in [0.29, 0.717) is 18.7 Å². The normalized spacial score (nSPS) is 10.1. The maximum atomic E-state index is 13.3. The van der Waals surface area contributed by atoms with Gasteiger partial charge in [-0.25, -0.2) is 4.39 Å². The highest BCUT2D eigenvalue weighted by Crippen LogP contribution is 2.14. The number of nitrogens with two attached hydrogens (primary N) is 1. The largest absolute Gasteiger partial charge is 0.396 e. The molecule has 1 aromatic carbocycles. The van der Waals surface area contributed by atoms with Crippen LogP contribution < -0.4 is 5.73 Å². The van der Waals surface area contributed by atoms with Crippen LogP contribution in [0.2, 0.25) is 0 Å². The van der Waals surface area contributed by atoms with Gasteiger partial charge in [-0.1, -0.05) is 12.2 Å². The smallest absolute Gasteiger partial charge is 0.254 e. The summed E-state index contributed by atoms with van der Waals surface area (Å²) in [5, 5.41) is 0. The fourth-order valence-corrected chi connectivity index (χ4v) is 1.50. The zero-order valence-electron chi connectivity index (χ0n) is 10.2. The van der Waals surface area contributed by atoms with Gasteiger partial charge in [0.15, 0.2) is 0 Å². The quantitative estimate of drug-likeness (QED) is 0.644. The molecule has 0 bridgehead atoms. The van der Waals surface area contributed by atoms with Crippen LogP contribution in [-0.2, 0) is 0 Å². The van der Waals surface area contributed by atoms with Gasteiger partial charge in [0.05, 0.1) is 5.69 Å². The average molecular weight is 236 g/mol. The Morgan fingerprint density at radius 1 is 1.53 bits per heavy atom. The number of nitrogen functional groups attached to an aromatic ring is 1. The summed E-state index contributed by atoms with van der Waals surface area (Å²) < 4.78 is 13.3. The van der Waals surface area contributed by atoms with Crippen LogP contribution in [0.15, 0.2) is 30.4 Å². The molecule has 0 aromatic heterocycles. The van der Waals surface area contributed by atoms with E-state index in [1.807, 2.05) is 13.8 Å². The molecule has 0 heterocycles. The van der Waals surface area contributed by atoms with E-state index in [1.54, 1.807) is 4.90 Å². The molecule has 0 spiro atoms. The van der Waals surface area contributed by atoms with Gasteiger partial charge in [-0.05, 0) is 32.0 Å². The molecule has 92 valence electrons. The van der Waals surface area contributed by atoms with Crippen molar-refractivity contribution in [2.75, 3.05) is 18.8 Å². The molecule has 0 aliphatic heterocycles. The molecule has 17 heavy (non-hydrogen) atoms. The molecule has 3 nitrogen and oxygen atoms in total. The highest BCUT2D eigenvalue weighted by atomic mass is 19.1. The maximum Gasteiger partial charge on any atom is 0.254 e. The summed E-state index contributed by atoms with van der Waals surface area (Å²) in [6.07, 6.45) is 0. The number of anilines is 1. The van der Waals surface area contributed by atoms with Crippen molar-refractivity contribution in [2.45, 2.75) is 13.8 Å². The Balaban J connectivity index is 2.93. The van der Waals surface area contributed by atoms with Gasteiger partial charge in [0.2, 0.25) is 0 Å². The third-order valence-electron chi connectivity index (χ3n) is 2.38. The van der Waals surface area contributed by atoms with Crippen LogP contribution in [0.3, 0.4) is 0 Å². The predicted octanol–water partition coefficient (Wildman–Crippen LogP) is 2.45. The fourth-order valence-electron chi connectivity index (χ4n) is 1.50. The second-order valence-corrected chi connectivity index (χ2v) is 4.01. The minimum absolute atomic E-state index is 0.0458. The van der Waals surface area contributed by atoms with Crippen molar-refractivity contribution < 1.29 is 9.18 Å². The van der Waals surface area contributed by atoms with Crippen LogP contribution in [0.25, 0.3) is 0 Å². The number of likely N-dealkylation sites (N-methyl/N-ethyl adjacent to an activating group) is 1. The first kappa shape index (κ1) is 13.2. The summed E-state index contributed by atoms with van der Waals surface area (Å²) in [6.45, 7) is 8.51. The molecule has 1 rings (SSSR count). The van der Waals surface area contributed by atoms with E-state index in [4.69, 9.17) is 5.73 Å². The number of benzene rings is 1. The molecule has 2 N–H and O–H groups in total. The third-order valence-corrected chi connectivity index (χ3v) is 2.38. The predicted molar refractivity (Wildman–Crippen MR) is 67.2 cm³/mol. The summed E-state index contributed by atoms with van der Waals surface area (Å²) in [4.78, 5) is 13.7. The second-order valence-electron chi connectivity index (χ2n) is 4.01. The Morgan fingerprint density at radius 2 is 2.18 bits per heavy atom. The lowest BCUT2D eigenvalue weighted by molar-refractivity contribution is 0.0778. The van der Waals surface area contributed by atoms with E-state index in [2.05, 4.69) is 6.58 Å². The number of halogens is 1. The van der Waals surface area contributed by atoms with Crippen LogP contribution in [0.1, 0.15) is 24.2 Å². The van der Waals surface area contributed by atoms with Crippen molar-refractivity contribution in [3.8, 4) is 0 Å². The Morgan fingerprint density at radius 3 is 2.65 bits per heavy atom. The number of nitrogens with zero attached hydrogens (tertiary/aromatic N) is 1. The molecule has 0 radical (unpaired) electrons. The lowest BCUT2D eigenvalue weighted by atomic mass is 10.1. The molecule has 0 aliphatic rings. The molecule has 0 unspecified atom stereocenters. The zero-order chi connectivity index (χ0) is 13.0. The minimum Gasteiger partial charge on any atom is -0.396 e. The number of amides is 1. The second kappa shape index (κ2) is 5.48. The third kappa shape index (κ3) is 3.31. The van der Waals surface area contributed by atoms with E-state index in [0.717, 1.165) is 5.57 Å². The van der Waals surface area contributed by atoms with Crippen molar-refractivity contribution in [2.24, 2.45) is 0 Å². The number of carbonyl (C=O) groups excluding carboxylic acids is 1. The molecule has 0 atom stereocenters. The summed E-state index contributed by atoms with van der Waals surface area (Å²) in [6, 6.07) is 4.09.